The highest BCUT2D eigenvalue weighted by Crippen LogP contribution is 2.30. The van der Waals surface area contributed by atoms with Crippen LogP contribution in [0, 0.1) is 5.41 Å². The van der Waals surface area contributed by atoms with Crippen molar-refractivity contribution in [1.82, 2.24) is 5.32 Å². The molecule has 0 aliphatic carbocycles. The van der Waals surface area contributed by atoms with Gasteiger partial charge in [0.25, 0.3) is 0 Å². The van der Waals surface area contributed by atoms with Crippen molar-refractivity contribution in [2.24, 2.45) is 5.41 Å². The summed E-state index contributed by atoms with van der Waals surface area (Å²) in [5, 5.41) is 16.1. The van der Waals surface area contributed by atoms with Gasteiger partial charge in [-0.2, -0.15) is 0 Å². The molecule has 0 saturated carbocycles. The molecular formula is C19H27NO. The molecule has 2 heteroatoms. The van der Waals surface area contributed by atoms with Gasteiger partial charge in [-0.15, -0.1) is 0 Å². The highest BCUT2D eigenvalue weighted by Gasteiger charge is 2.25. The van der Waals surface area contributed by atoms with E-state index in [9.17, 15) is 5.11 Å². The first-order chi connectivity index (χ1) is 9.68. The van der Waals surface area contributed by atoms with E-state index in [2.05, 4.69) is 52.1 Å². The molecule has 0 aromatic heterocycles. The van der Waals surface area contributed by atoms with Gasteiger partial charge in [-0.25, -0.2) is 0 Å². The topological polar surface area (TPSA) is 32.3 Å². The van der Waals surface area contributed by atoms with E-state index in [1.54, 1.807) is 6.07 Å². The minimum Gasteiger partial charge on any atom is -0.508 e. The zero-order valence-corrected chi connectivity index (χ0v) is 13.8. The Kier molecular flexibility index (Phi) is 4.29. The fourth-order valence-electron chi connectivity index (χ4n) is 3.23. The Bertz CT molecular complexity index is 623. The van der Waals surface area contributed by atoms with Crippen LogP contribution in [0.5, 0.6) is 5.75 Å². The van der Waals surface area contributed by atoms with Crippen LogP contribution >= 0.6 is 0 Å². The van der Waals surface area contributed by atoms with Gasteiger partial charge in [0.05, 0.1) is 0 Å². The third-order valence-corrected chi connectivity index (χ3v) is 3.73. The SMILES string of the molecule is CC(C)(C)CC(C)(C)NCc1c(O)ccc2ccccc12. The molecule has 0 spiro atoms. The molecule has 0 bridgehead atoms. The molecule has 0 aliphatic heterocycles. The number of aromatic hydroxyl groups is 1. The molecule has 2 aromatic rings. The summed E-state index contributed by atoms with van der Waals surface area (Å²) in [6, 6.07) is 12.0. The summed E-state index contributed by atoms with van der Waals surface area (Å²) >= 11 is 0. The maximum atomic E-state index is 10.2. The largest absolute Gasteiger partial charge is 0.508 e. The average Bonchev–Trinajstić information content (AvgIpc) is 2.34. The molecular weight excluding hydrogens is 258 g/mol. The molecule has 0 fully saturated rings. The third kappa shape index (κ3) is 4.21. The Hall–Kier alpha value is -1.54. The predicted molar refractivity (Wildman–Crippen MR) is 90.6 cm³/mol. The van der Waals surface area contributed by atoms with Crippen LogP contribution < -0.4 is 5.32 Å². The quantitative estimate of drug-likeness (QED) is 0.841. The molecule has 2 aromatic carbocycles. The second kappa shape index (κ2) is 5.69. The Morgan fingerprint density at radius 1 is 0.952 bits per heavy atom. The van der Waals surface area contributed by atoms with E-state index in [0.29, 0.717) is 12.3 Å². The monoisotopic (exact) mass is 285 g/mol. The van der Waals surface area contributed by atoms with Gasteiger partial charge in [-0.3, -0.25) is 0 Å². The van der Waals surface area contributed by atoms with Gasteiger partial charge in [0.15, 0.2) is 0 Å². The molecule has 21 heavy (non-hydrogen) atoms. The van der Waals surface area contributed by atoms with E-state index >= 15 is 0 Å². The number of phenolic OH excluding ortho intramolecular Hbond substituents is 1. The lowest BCUT2D eigenvalue weighted by Gasteiger charge is -2.33. The Morgan fingerprint density at radius 2 is 1.62 bits per heavy atom. The van der Waals surface area contributed by atoms with Gasteiger partial charge in [0.1, 0.15) is 5.75 Å². The van der Waals surface area contributed by atoms with Gasteiger partial charge in [-0.1, -0.05) is 51.1 Å². The Labute approximate surface area is 128 Å². The maximum absolute atomic E-state index is 10.2. The zero-order chi connectivity index (χ0) is 15.7. The normalized spacial score (nSPS) is 12.8. The second-order valence-corrected chi connectivity index (χ2v) is 7.76. The van der Waals surface area contributed by atoms with E-state index < -0.39 is 0 Å². The first-order valence-corrected chi connectivity index (χ1v) is 7.63. The number of nitrogens with one attached hydrogen (secondary N) is 1. The molecule has 0 atom stereocenters. The van der Waals surface area contributed by atoms with Crippen molar-refractivity contribution < 1.29 is 5.11 Å². The molecule has 2 rings (SSSR count). The molecule has 2 nitrogen and oxygen atoms in total. The molecule has 0 amide bonds. The summed E-state index contributed by atoms with van der Waals surface area (Å²) in [6.45, 7) is 11.9. The van der Waals surface area contributed by atoms with E-state index in [4.69, 9.17) is 0 Å². The van der Waals surface area contributed by atoms with Gasteiger partial charge < -0.3 is 10.4 Å². The lowest BCUT2D eigenvalue weighted by molar-refractivity contribution is 0.240. The van der Waals surface area contributed by atoms with Crippen LogP contribution in [-0.2, 0) is 6.54 Å². The fourth-order valence-corrected chi connectivity index (χ4v) is 3.23. The smallest absolute Gasteiger partial charge is 0.120 e. The van der Waals surface area contributed by atoms with Crippen molar-refractivity contribution in [2.75, 3.05) is 0 Å². The van der Waals surface area contributed by atoms with Crippen LogP contribution in [0.3, 0.4) is 0 Å². The van der Waals surface area contributed by atoms with E-state index in [1.165, 1.54) is 5.39 Å². The van der Waals surface area contributed by atoms with Gasteiger partial charge in [0.2, 0.25) is 0 Å². The number of hydrogen-bond acceptors (Lipinski definition) is 2. The summed E-state index contributed by atoms with van der Waals surface area (Å²) in [5.41, 5.74) is 1.29. The number of benzene rings is 2. The zero-order valence-electron chi connectivity index (χ0n) is 13.8. The second-order valence-electron chi connectivity index (χ2n) is 7.76. The molecule has 114 valence electrons. The molecule has 0 unspecified atom stereocenters. The highest BCUT2D eigenvalue weighted by molar-refractivity contribution is 5.87. The van der Waals surface area contributed by atoms with Crippen molar-refractivity contribution in [1.29, 1.82) is 0 Å². The van der Waals surface area contributed by atoms with Crippen molar-refractivity contribution in [2.45, 2.75) is 53.1 Å². The van der Waals surface area contributed by atoms with Crippen LogP contribution in [0.2, 0.25) is 0 Å². The third-order valence-electron chi connectivity index (χ3n) is 3.73. The number of hydrogen-bond donors (Lipinski definition) is 2. The van der Waals surface area contributed by atoms with Gasteiger partial charge >= 0.3 is 0 Å². The minimum atomic E-state index is 0.0294. The van der Waals surface area contributed by atoms with E-state index in [1.807, 2.05) is 18.2 Å². The molecule has 0 saturated heterocycles. The van der Waals surface area contributed by atoms with Crippen LogP contribution in [0.1, 0.15) is 46.6 Å². The first kappa shape index (κ1) is 15.8. The number of fused-ring (bicyclic) bond motifs is 1. The predicted octanol–water partition coefficient (Wildman–Crippen LogP) is 4.85. The van der Waals surface area contributed by atoms with Crippen LogP contribution in [0.25, 0.3) is 10.8 Å². The molecule has 0 aliphatic rings. The Morgan fingerprint density at radius 3 is 2.29 bits per heavy atom. The van der Waals surface area contributed by atoms with Crippen LogP contribution in [-0.4, -0.2) is 10.6 Å². The average molecular weight is 285 g/mol. The summed E-state index contributed by atoms with van der Waals surface area (Å²) in [5.74, 6) is 0.368. The number of rotatable bonds is 4. The van der Waals surface area contributed by atoms with Crippen LogP contribution in [0.4, 0.5) is 0 Å². The maximum Gasteiger partial charge on any atom is 0.120 e. The highest BCUT2D eigenvalue weighted by atomic mass is 16.3. The van der Waals surface area contributed by atoms with E-state index in [0.717, 1.165) is 17.4 Å². The van der Waals surface area contributed by atoms with E-state index in [-0.39, 0.29) is 11.0 Å². The van der Waals surface area contributed by atoms with Crippen LogP contribution in [0.15, 0.2) is 36.4 Å². The van der Waals surface area contributed by atoms with Crippen molar-refractivity contribution in [3.8, 4) is 5.75 Å². The standard InChI is InChI=1S/C19H27NO/c1-18(2,3)13-19(4,5)20-12-16-15-9-7-6-8-14(15)10-11-17(16)21/h6-11,20-21H,12-13H2,1-5H3. The minimum absolute atomic E-state index is 0.0294. The Balaban J connectivity index is 2.22. The molecule has 0 heterocycles. The van der Waals surface area contributed by atoms with Gasteiger partial charge in [0, 0.05) is 17.6 Å². The lowest BCUT2D eigenvalue weighted by Crippen LogP contribution is -2.41. The summed E-state index contributed by atoms with van der Waals surface area (Å²) in [6.07, 6.45) is 1.07. The molecule has 0 radical (unpaired) electrons. The first-order valence-electron chi connectivity index (χ1n) is 7.63. The number of phenols is 1. The molecule has 2 N–H and O–H groups in total. The summed E-state index contributed by atoms with van der Waals surface area (Å²) in [7, 11) is 0. The van der Waals surface area contributed by atoms with Crippen molar-refractivity contribution >= 4 is 10.8 Å². The lowest BCUT2D eigenvalue weighted by atomic mass is 9.81. The summed E-state index contributed by atoms with van der Waals surface area (Å²) < 4.78 is 0. The van der Waals surface area contributed by atoms with Crippen molar-refractivity contribution in [3.05, 3.63) is 42.0 Å². The summed E-state index contributed by atoms with van der Waals surface area (Å²) in [4.78, 5) is 0. The fraction of sp³-hybridized carbons (Fsp3) is 0.474. The van der Waals surface area contributed by atoms with Gasteiger partial charge in [-0.05, 0) is 42.5 Å². The van der Waals surface area contributed by atoms with Crippen molar-refractivity contribution in [3.63, 3.8) is 0 Å².